The van der Waals surface area contributed by atoms with Crippen LogP contribution < -0.4 is 10.6 Å². The molecule has 29 heavy (non-hydrogen) atoms. The van der Waals surface area contributed by atoms with Crippen LogP contribution in [0.1, 0.15) is 31.5 Å². The number of carbonyl (C=O) groups is 2. The number of hydrogen-bond acceptors (Lipinski definition) is 5. The number of benzene rings is 2. The van der Waals surface area contributed by atoms with Gasteiger partial charge in [0.2, 0.25) is 11.1 Å². The lowest BCUT2D eigenvalue weighted by Gasteiger charge is -2.10. The summed E-state index contributed by atoms with van der Waals surface area (Å²) in [7, 11) is 0. The highest BCUT2D eigenvalue weighted by Gasteiger charge is 2.31. The minimum Gasteiger partial charge on any atom is -0.308 e. The zero-order valence-corrected chi connectivity index (χ0v) is 16.7. The number of para-hydroxylation sites is 2. The number of nitrogens with zero attached hydrogens (tertiary/aromatic N) is 3. The van der Waals surface area contributed by atoms with Gasteiger partial charge in [-0.2, -0.15) is 0 Å². The molecule has 2 aromatic carbocycles. The van der Waals surface area contributed by atoms with E-state index < -0.39 is 17.2 Å². The van der Waals surface area contributed by atoms with E-state index in [-0.39, 0.29) is 0 Å². The van der Waals surface area contributed by atoms with E-state index >= 15 is 0 Å². The largest absolute Gasteiger partial charge is 0.325 e. The van der Waals surface area contributed by atoms with Crippen LogP contribution in [0.25, 0.3) is 5.69 Å². The number of nitrogens with one attached hydrogen (secondary N) is 2. The smallest absolute Gasteiger partial charge is 0.308 e. The molecular weight excluding hydrogens is 386 g/mol. The zero-order valence-electron chi connectivity index (χ0n) is 15.9. The van der Waals surface area contributed by atoms with E-state index in [1.807, 2.05) is 53.2 Å². The van der Waals surface area contributed by atoms with Crippen LogP contribution in [0.5, 0.6) is 0 Å². The van der Waals surface area contributed by atoms with E-state index in [4.69, 9.17) is 0 Å². The Morgan fingerprint density at radius 3 is 2.38 bits per heavy atom. The second-order valence-corrected chi connectivity index (χ2v) is 8.15. The van der Waals surface area contributed by atoms with Crippen molar-refractivity contribution in [1.82, 2.24) is 20.1 Å². The number of carbonyl (C=O) groups excluding carboxylic acids is 2. The van der Waals surface area contributed by atoms with Crippen molar-refractivity contribution in [3.63, 3.8) is 0 Å². The van der Waals surface area contributed by atoms with Gasteiger partial charge in [0.1, 0.15) is 5.82 Å². The number of rotatable bonds is 6. The Morgan fingerprint density at radius 1 is 1.07 bits per heavy atom. The number of urea groups is 1. The topological polar surface area (TPSA) is 88.9 Å². The molecule has 1 aliphatic rings. The van der Waals surface area contributed by atoms with Crippen molar-refractivity contribution in [1.29, 1.82) is 0 Å². The number of anilines is 1. The van der Waals surface area contributed by atoms with Gasteiger partial charge in [0.05, 0.1) is 10.9 Å². The minimum atomic E-state index is -0.560. The van der Waals surface area contributed by atoms with Gasteiger partial charge < -0.3 is 5.32 Å². The SMILES string of the molecule is CC(Sc1nc(C2CC2)n(-c2ccccc2)n1)C(=O)NC(=O)Nc1ccccc1. The minimum absolute atomic E-state index is 0.396. The molecule has 1 aliphatic carbocycles. The number of aromatic nitrogens is 3. The number of thioether (sulfide) groups is 1. The van der Waals surface area contributed by atoms with Crippen LogP contribution in [0.3, 0.4) is 0 Å². The summed E-state index contributed by atoms with van der Waals surface area (Å²) in [6.45, 7) is 1.73. The molecule has 8 heteroatoms. The van der Waals surface area contributed by atoms with Crippen molar-refractivity contribution < 1.29 is 9.59 Å². The standard InChI is InChI=1S/C21H21N5O2S/c1-14(19(27)24-20(28)22-16-8-4-2-5-9-16)29-21-23-18(15-12-13-15)26(25-21)17-10-6-3-7-11-17/h2-11,14-15H,12-13H2,1H3,(H2,22,24,27,28). The summed E-state index contributed by atoms with van der Waals surface area (Å²) in [4.78, 5) is 29.1. The predicted octanol–water partition coefficient (Wildman–Crippen LogP) is 3.97. The molecule has 1 atom stereocenters. The van der Waals surface area contributed by atoms with Crippen LogP contribution in [0.2, 0.25) is 0 Å². The second-order valence-electron chi connectivity index (χ2n) is 6.84. The van der Waals surface area contributed by atoms with E-state index in [2.05, 4.69) is 20.7 Å². The molecule has 1 fully saturated rings. The molecule has 0 spiro atoms. The summed E-state index contributed by atoms with van der Waals surface area (Å²) in [6, 6.07) is 18.3. The van der Waals surface area contributed by atoms with Crippen molar-refractivity contribution >= 4 is 29.4 Å². The zero-order chi connectivity index (χ0) is 20.2. The maximum Gasteiger partial charge on any atom is 0.325 e. The Morgan fingerprint density at radius 2 is 1.72 bits per heavy atom. The Hall–Kier alpha value is -3.13. The molecule has 148 valence electrons. The number of amides is 3. The van der Waals surface area contributed by atoms with Crippen molar-refractivity contribution in [3.05, 3.63) is 66.5 Å². The van der Waals surface area contributed by atoms with Gasteiger partial charge in [-0.05, 0) is 44.0 Å². The van der Waals surface area contributed by atoms with E-state index in [0.717, 1.165) is 24.4 Å². The first-order chi connectivity index (χ1) is 14.1. The summed E-state index contributed by atoms with van der Waals surface area (Å²) in [5, 5.41) is 9.61. The third kappa shape index (κ3) is 4.83. The summed E-state index contributed by atoms with van der Waals surface area (Å²) in [5.41, 5.74) is 1.57. The Bertz CT molecular complexity index is 1000. The molecular formula is C21H21N5O2S. The number of imide groups is 1. The average molecular weight is 407 g/mol. The normalized spacial score (nSPS) is 14.2. The number of hydrogen-bond donors (Lipinski definition) is 2. The second kappa shape index (κ2) is 8.48. The fraction of sp³-hybridized carbons (Fsp3) is 0.238. The summed E-state index contributed by atoms with van der Waals surface area (Å²) >= 11 is 1.24. The van der Waals surface area contributed by atoms with E-state index in [1.54, 1.807) is 19.1 Å². The third-order valence-electron chi connectivity index (χ3n) is 4.48. The van der Waals surface area contributed by atoms with Crippen LogP contribution in [-0.2, 0) is 4.79 Å². The van der Waals surface area contributed by atoms with Gasteiger partial charge in [0.15, 0.2) is 0 Å². The van der Waals surface area contributed by atoms with Crippen LogP contribution in [0.15, 0.2) is 65.8 Å². The molecule has 0 aliphatic heterocycles. The first-order valence-electron chi connectivity index (χ1n) is 9.46. The summed E-state index contributed by atoms with van der Waals surface area (Å²) in [6.07, 6.45) is 2.21. The molecule has 0 bridgehead atoms. The fourth-order valence-electron chi connectivity index (χ4n) is 2.83. The van der Waals surface area contributed by atoms with Crippen LogP contribution in [0.4, 0.5) is 10.5 Å². The van der Waals surface area contributed by atoms with Gasteiger partial charge in [0.25, 0.3) is 0 Å². The molecule has 3 aromatic rings. The van der Waals surface area contributed by atoms with Gasteiger partial charge in [0, 0.05) is 11.6 Å². The summed E-state index contributed by atoms with van der Waals surface area (Å²) < 4.78 is 1.85. The molecule has 1 unspecified atom stereocenters. The molecule has 0 saturated heterocycles. The van der Waals surface area contributed by atoms with E-state index in [0.29, 0.717) is 16.8 Å². The molecule has 1 saturated carbocycles. The Balaban J connectivity index is 1.41. The van der Waals surface area contributed by atoms with Gasteiger partial charge in [-0.3, -0.25) is 10.1 Å². The molecule has 2 N–H and O–H groups in total. The van der Waals surface area contributed by atoms with Crippen LogP contribution in [0, 0.1) is 0 Å². The highest BCUT2D eigenvalue weighted by Crippen LogP contribution is 2.40. The maximum absolute atomic E-state index is 12.4. The molecule has 1 heterocycles. The Kier molecular flexibility index (Phi) is 5.62. The van der Waals surface area contributed by atoms with Gasteiger partial charge >= 0.3 is 6.03 Å². The van der Waals surface area contributed by atoms with Crippen molar-refractivity contribution in [2.75, 3.05) is 5.32 Å². The van der Waals surface area contributed by atoms with E-state index in [9.17, 15) is 9.59 Å². The lowest BCUT2D eigenvalue weighted by molar-refractivity contribution is -0.119. The molecule has 4 rings (SSSR count). The van der Waals surface area contributed by atoms with Crippen LogP contribution >= 0.6 is 11.8 Å². The van der Waals surface area contributed by atoms with Gasteiger partial charge in [-0.25, -0.2) is 14.5 Å². The van der Waals surface area contributed by atoms with Gasteiger partial charge in [-0.15, -0.1) is 5.10 Å². The lowest BCUT2D eigenvalue weighted by Crippen LogP contribution is -2.38. The van der Waals surface area contributed by atoms with Crippen molar-refractivity contribution in [2.45, 2.75) is 36.1 Å². The monoisotopic (exact) mass is 407 g/mol. The van der Waals surface area contributed by atoms with Gasteiger partial charge in [-0.1, -0.05) is 48.2 Å². The summed E-state index contributed by atoms with van der Waals surface area (Å²) in [5.74, 6) is 0.943. The van der Waals surface area contributed by atoms with Crippen LogP contribution in [-0.4, -0.2) is 32.0 Å². The molecule has 7 nitrogen and oxygen atoms in total. The highest BCUT2D eigenvalue weighted by molar-refractivity contribution is 8.00. The molecule has 3 amide bonds. The predicted molar refractivity (Wildman–Crippen MR) is 112 cm³/mol. The molecule has 0 radical (unpaired) electrons. The van der Waals surface area contributed by atoms with Crippen molar-refractivity contribution in [2.24, 2.45) is 0 Å². The highest BCUT2D eigenvalue weighted by atomic mass is 32.2. The quantitative estimate of drug-likeness (QED) is 0.604. The molecule has 1 aromatic heterocycles. The fourth-order valence-corrected chi connectivity index (χ4v) is 3.59. The van der Waals surface area contributed by atoms with E-state index in [1.165, 1.54) is 11.8 Å². The third-order valence-corrected chi connectivity index (χ3v) is 5.43. The lowest BCUT2D eigenvalue weighted by atomic mass is 10.3. The Labute approximate surface area is 172 Å². The maximum atomic E-state index is 12.4. The average Bonchev–Trinajstić information content (AvgIpc) is 3.49. The first kappa shape index (κ1) is 19.2. The first-order valence-corrected chi connectivity index (χ1v) is 10.3. The van der Waals surface area contributed by atoms with Crippen molar-refractivity contribution in [3.8, 4) is 5.69 Å².